The van der Waals surface area contributed by atoms with Crippen molar-refractivity contribution in [2.75, 3.05) is 26.9 Å². The third-order valence-corrected chi connectivity index (χ3v) is 7.05. The van der Waals surface area contributed by atoms with Crippen molar-refractivity contribution in [3.8, 4) is 28.8 Å². The predicted octanol–water partition coefficient (Wildman–Crippen LogP) is 4.83. The Hall–Kier alpha value is -3.02. The molecule has 8 nitrogen and oxygen atoms in total. The lowest BCUT2D eigenvalue weighted by molar-refractivity contribution is 0.0522. The lowest BCUT2D eigenvalue weighted by Crippen LogP contribution is -2.33. The number of halogens is 1. The van der Waals surface area contributed by atoms with Crippen molar-refractivity contribution in [2.45, 2.75) is 51.2 Å². The van der Waals surface area contributed by atoms with Crippen LogP contribution in [0, 0.1) is 16.7 Å². The van der Waals surface area contributed by atoms with Gasteiger partial charge in [0.15, 0.2) is 0 Å². The van der Waals surface area contributed by atoms with Crippen molar-refractivity contribution in [2.24, 2.45) is 5.41 Å². The third kappa shape index (κ3) is 4.17. The largest absolute Gasteiger partial charge is 0.492 e. The summed E-state index contributed by atoms with van der Waals surface area (Å²) in [6.07, 6.45) is 3.08. The maximum Gasteiger partial charge on any atom is 0.343 e. The topological polar surface area (TPSA) is 99.8 Å². The molecule has 1 atom stereocenters. The monoisotopic (exact) mass is 498 g/mol. The SMILES string of the molecule is CCOC(=O)c1cc2c(n(C3CC3)c1=O)-c1cc(Cl)c(OCCCOC)cc1OC2C1(C#N)CC1. The average molecular weight is 499 g/mol. The van der Waals surface area contributed by atoms with Gasteiger partial charge in [0.25, 0.3) is 5.56 Å². The van der Waals surface area contributed by atoms with Gasteiger partial charge >= 0.3 is 5.97 Å². The molecule has 9 heteroatoms. The smallest absolute Gasteiger partial charge is 0.343 e. The fraction of sp³-hybridized carbons (Fsp3) is 0.500. The summed E-state index contributed by atoms with van der Waals surface area (Å²) in [5, 5.41) is 10.4. The van der Waals surface area contributed by atoms with E-state index in [9.17, 15) is 14.9 Å². The van der Waals surface area contributed by atoms with Crippen LogP contribution in [0.3, 0.4) is 0 Å². The minimum absolute atomic E-state index is 0.0294. The Kier molecular flexibility index (Phi) is 6.24. The van der Waals surface area contributed by atoms with Gasteiger partial charge in [0.2, 0.25) is 0 Å². The Morgan fingerprint density at radius 2 is 2.06 bits per heavy atom. The zero-order valence-corrected chi connectivity index (χ0v) is 20.5. The van der Waals surface area contributed by atoms with E-state index < -0.39 is 23.0 Å². The maximum atomic E-state index is 13.5. The molecule has 1 unspecified atom stereocenters. The van der Waals surface area contributed by atoms with Crippen molar-refractivity contribution in [3.05, 3.63) is 44.7 Å². The van der Waals surface area contributed by atoms with Gasteiger partial charge < -0.3 is 23.5 Å². The number of ether oxygens (including phenoxy) is 4. The van der Waals surface area contributed by atoms with Crippen molar-refractivity contribution < 1.29 is 23.7 Å². The number of aromatic nitrogens is 1. The normalized spacial score (nSPS) is 19.1. The van der Waals surface area contributed by atoms with Crippen LogP contribution in [0.5, 0.6) is 11.5 Å². The molecule has 0 N–H and O–H groups in total. The van der Waals surface area contributed by atoms with Crippen molar-refractivity contribution in [3.63, 3.8) is 0 Å². The van der Waals surface area contributed by atoms with E-state index in [-0.39, 0.29) is 18.2 Å². The number of rotatable bonds is 9. The fourth-order valence-electron chi connectivity index (χ4n) is 4.66. The Morgan fingerprint density at radius 3 is 2.69 bits per heavy atom. The lowest BCUT2D eigenvalue weighted by Gasteiger charge is -2.34. The molecule has 0 amide bonds. The summed E-state index contributed by atoms with van der Waals surface area (Å²) < 4.78 is 24.2. The highest BCUT2D eigenvalue weighted by Crippen LogP contribution is 2.60. The number of fused-ring (bicyclic) bond motifs is 3. The standard InChI is InChI=1S/C26H27ClN2O6/c1-3-33-25(31)18-11-17-22(29(24(18)30)15-5-6-15)16-12-19(27)21(34-10-4-9-32-2)13-20(16)35-23(17)26(14-28)7-8-26/h11-13,15,23H,3-10H2,1-2H3. The first-order valence-corrected chi connectivity index (χ1v) is 12.3. The van der Waals surface area contributed by atoms with Crippen LogP contribution in [0.2, 0.25) is 5.02 Å². The molecule has 1 aromatic heterocycles. The number of hydrogen-bond donors (Lipinski definition) is 0. The molecule has 0 spiro atoms. The summed E-state index contributed by atoms with van der Waals surface area (Å²) in [5.74, 6) is 0.306. The second-order valence-electron chi connectivity index (χ2n) is 9.23. The van der Waals surface area contributed by atoms with Gasteiger partial charge in [-0.25, -0.2) is 4.79 Å². The highest BCUT2D eigenvalue weighted by molar-refractivity contribution is 6.32. The van der Waals surface area contributed by atoms with E-state index >= 15 is 0 Å². The zero-order valence-electron chi connectivity index (χ0n) is 19.8. The quantitative estimate of drug-likeness (QED) is 0.360. The van der Waals surface area contributed by atoms with Gasteiger partial charge in [-0.15, -0.1) is 0 Å². The van der Waals surface area contributed by atoms with Gasteiger partial charge in [-0.2, -0.15) is 5.26 Å². The maximum absolute atomic E-state index is 13.5. The number of benzene rings is 1. The van der Waals surface area contributed by atoms with Crippen molar-refractivity contribution in [1.82, 2.24) is 4.57 Å². The van der Waals surface area contributed by atoms with Crippen LogP contribution in [-0.4, -0.2) is 37.5 Å². The average Bonchev–Trinajstić information content (AvgIpc) is 3.76. The number of esters is 1. The molecule has 184 valence electrons. The zero-order chi connectivity index (χ0) is 24.7. The molecule has 1 aliphatic heterocycles. The summed E-state index contributed by atoms with van der Waals surface area (Å²) >= 11 is 6.59. The number of nitrogens with zero attached hydrogens (tertiary/aromatic N) is 2. The fourth-order valence-corrected chi connectivity index (χ4v) is 4.88. The van der Waals surface area contributed by atoms with E-state index in [4.69, 9.17) is 30.5 Å². The van der Waals surface area contributed by atoms with Crippen LogP contribution in [0.1, 0.15) is 67.1 Å². The molecule has 2 aromatic rings. The summed E-state index contributed by atoms with van der Waals surface area (Å²) in [7, 11) is 1.63. The van der Waals surface area contributed by atoms with Crippen LogP contribution in [0.4, 0.5) is 0 Å². The first kappa shape index (κ1) is 23.7. The van der Waals surface area contributed by atoms with Crippen LogP contribution < -0.4 is 15.0 Å². The van der Waals surface area contributed by atoms with E-state index in [1.807, 2.05) is 0 Å². The second kappa shape index (κ2) is 9.21. The molecule has 0 bridgehead atoms. The van der Waals surface area contributed by atoms with Crippen molar-refractivity contribution >= 4 is 17.6 Å². The number of nitriles is 1. The molecule has 0 radical (unpaired) electrons. The van der Waals surface area contributed by atoms with Gasteiger partial charge in [-0.05, 0) is 44.7 Å². The minimum Gasteiger partial charge on any atom is -0.492 e. The third-order valence-electron chi connectivity index (χ3n) is 6.75. The predicted molar refractivity (Wildman–Crippen MR) is 128 cm³/mol. The van der Waals surface area contributed by atoms with E-state index in [2.05, 4.69) is 6.07 Å². The number of hydrogen-bond acceptors (Lipinski definition) is 7. The summed E-state index contributed by atoms with van der Waals surface area (Å²) in [4.78, 5) is 26.2. The molecule has 2 fully saturated rings. The molecule has 35 heavy (non-hydrogen) atoms. The van der Waals surface area contributed by atoms with Gasteiger partial charge in [-0.3, -0.25) is 4.79 Å². The Bertz CT molecular complexity index is 1270. The first-order valence-electron chi connectivity index (χ1n) is 11.9. The number of carbonyl (C=O) groups is 1. The summed E-state index contributed by atoms with van der Waals surface area (Å²) in [5.41, 5.74) is 0.811. The van der Waals surface area contributed by atoms with Crippen LogP contribution in [-0.2, 0) is 9.47 Å². The van der Waals surface area contributed by atoms with Crippen LogP contribution in [0.15, 0.2) is 23.0 Å². The Balaban J connectivity index is 1.68. The molecule has 2 saturated carbocycles. The molecule has 1 aromatic carbocycles. The molecule has 2 aliphatic carbocycles. The first-order chi connectivity index (χ1) is 16.9. The molecule has 3 aliphatic rings. The molecule has 2 heterocycles. The van der Waals surface area contributed by atoms with Gasteiger partial charge in [0, 0.05) is 43.4 Å². The number of carbonyl (C=O) groups excluding carboxylic acids is 1. The van der Waals surface area contributed by atoms with Gasteiger partial charge in [0.05, 0.1) is 35.4 Å². The van der Waals surface area contributed by atoms with Crippen molar-refractivity contribution in [1.29, 1.82) is 5.26 Å². The number of pyridine rings is 1. The van der Waals surface area contributed by atoms with E-state index in [1.165, 1.54) is 0 Å². The Morgan fingerprint density at radius 1 is 1.29 bits per heavy atom. The second-order valence-corrected chi connectivity index (χ2v) is 9.64. The van der Waals surface area contributed by atoms with Crippen LogP contribution >= 0.6 is 11.6 Å². The van der Waals surface area contributed by atoms with Gasteiger partial charge in [-0.1, -0.05) is 11.6 Å². The van der Waals surface area contributed by atoms with E-state index in [1.54, 1.807) is 36.8 Å². The lowest BCUT2D eigenvalue weighted by atomic mass is 9.87. The summed E-state index contributed by atoms with van der Waals surface area (Å²) in [6.45, 7) is 2.84. The highest BCUT2D eigenvalue weighted by atomic mass is 35.5. The van der Waals surface area contributed by atoms with Gasteiger partial charge in [0.1, 0.15) is 23.2 Å². The van der Waals surface area contributed by atoms with E-state index in [0.29, 0.717) is 65.8 Å². The molecular weight excluding hydrogens is 472 g/mol. The summed E-state index contributed by atoms with van der Waals surface area (Å²) in [6, 6.07) is 7.42. The minimum atomic E-state index is -0.719. The molecule has 0 saturated heterocycles. The Labute approximate surface area is 208 Å². The van der Waals surface area contributed by atoms with Crippen LogP contribution in [0.25, 0.3) is 11.3 Å². The number of methoxy groups -OCH3 is 1. The molecular formula is C26H27ClN2O6. The highest BCUT2D eigenvalue weighted by Gasteiger charge is 2.55. The van der Waals surface area contributed by atoms with E-state index in [0.717, 1.165) is 12.8 Å². The molecule has 5 rings (SSSR count).